The highest BCUT2D eigenvalue weighted by Crippen LogP contribution is 2.31. The van der Waals surface area contributed by atoms with Crippen LogP contribution in [0.1, 0.15) is 10.5 Å². The largest absolute Gasteiger partial charge is 0.505 e. The molecule has 2 aromatic carbocycles. The van der Waals surface area contributed by atoms with Crippen LogP contribution < -0.4 is 4.74 Å². The Morgan fingerprint density at radius 1 is 1.00 bits per heavy atom. The maximum atomic E-state index is 11.5. The number of benzene rings is 2. The minimum absolute atomic E-state index is 0.105. The number of ether oxygens (including phenoxy) is 2. The zero-order valence-electron chi connectivity index (χ0n) is 17.4. The maximum Gasteiger partial charge on any atom is 0.360 e. The van der Waals surface area contributed by atoms with Gasteiger partial charge in [-0.2, -0.15) is 0 Å². The average Bonchev–Trinajstić information content (AvgIpc) is 2.68. The van der Waals surface area contributed by atoms with Gasteiger partial charge >= 0.3 is 5.97 Å². The van der Waals surface area contributed by atoms with Crippen molar-refractivity contribution in [3.05, 3.63) is 60.4 Å². The van der Waals surface area contributed by atoms with Gasteiger partial charge in [-0.05, 0) is 58.5 Å². The molecular weight excluding hydrogens is 370 g/mol. The van der Waals surface area contributed by atoms with Crippen LogP contribution in [0.4, 0.5) is 0 Å². The van der Waals surface area contributed by atoms with E-state index in [-0.39, 0.29) is 11.4 Å². The zero-order valence-corrected chi connectivity index (χ0v) is 17.4. The molecule has 1 N–H and O–H groups in total. The topological polar surface area (TPSA) is 75.1 Å². The van der Waals surface area contributed by atoms with Crippen LogP contribution in [0.25, 0.3) is 10.8 Å². The smallest absolute Gasteiger partial charge is 0.360 e. The Morgan fingerprint density at radius 3 is 2.21 bits per heavy atom. The van der Waals surface area contributed by atoms with Crippen LogP contribution in [0.5, 0.6) is 17.2 Å². The molecular formula is C22H27N3O4. The third kappa shape index (κ3) is 6.44. The van der Waals surface area contributed by atoms with Gasteiger partial charge < -0.3 is 14.6 Å². The number of nitrogens with zero attached hydrogens (tertiary/aromatic N) is 3. The Hall–Kier alpha value is -3.16. The first-order chi connectivity index (χ1) is 13.8. The number of para-hydroxylation sites is 1. The number of carbonyl (C=O) groups is 1. The minimum Gasteiger partial charge on any atom is -0.505 e. The van der Waals surface area contributed by atoms with E-state index in [0.29, 0.717) is 22.3 Å². The molecule has 0 aliphatic carbocycles. The van der Waals surface area contributed by atoms with Crippen LogP contribution in [0.15, 0.2) is 54.7 Å². The molecule has 0 saturated heterocycles. The fourth-order valence-electron chi connectivity index (χ4n) is 2.69. The van der Waals surface area contributed by atoms with Gasteiger partial charge in [0.05, 0.1) is 7.11 Å². The summed E-state index contributed by atoms with van der Waals surface area (Å²) in [6.45, 7) is 1.03. The number of hydrogen-bond acceptors (Lipinski definition) is 7. The van der Waals surface area contributed by atoms with E-state index in [2.05, 4.69) is 47.7 Å². The maximum absolute atomic E-state index is 11.5. The fourth-order valence-corrected chi connectivity index (χ4v) is 2.69. The number of aromatic hydroxyl groups is 1. The summed E-state index contributed by atoms with van der Waals surface area (Å²) in [4.78, 5) is 19.7. The Balaban J connectivity index is 0.000000370. The number of rotatable bonds is 5. The molecule has 0 bridgehead atoms. The van der Waals surface area contributed by atoms with E-state index in [9.17, 15) is 9.90 Å². The standard InChI is InChI=1S/C17H13NO4.C5H14N2/c1-21-17(20)15-16(19)14-8-7-13(9-11(14)10-18-15)22-12-5-3-2-4-6-12;1-6(2)5-7(3)4/h2-10,19H,1H3;5H2,1-4H3. The van der Waals surface area contributed by atoms with Crippen molar-refractivity contribution in [3.8, 4) is 17.2 Å². The van der Waals surface area contributed by atoms with Gasteiger partial charge in [-0.15, -0.1) is 0 Å². The second-order valence-electron chi connectivity index (χ2n) is 6.91. The predicted molar refractivity (Wildman–Crippen MR) is 114 cm³/mol. The van der Waals surface area contributed by atoms with E-state index in [1.165, 1.54) is 13.3 Å². The molecule has 3 aromatic rings. The molecule has 0 saturated carbocycles. The lowest BCUT2D eigenvalue weighted by Crippen LogP contribution is -2.26. The summed E-state index contributed by atoms with van der Waals surface area (Å²) >= 11 is 0. The van der Waals surface area contributed by atoms with E-state index in [4.69, 9.17) is 4.74 Å². The number of esters is 1. The van der Waals surface area contributed by atoms with Crippen molar-refractivity contribution in [2.45, 2.75) is 0 Å². The normalized spacial score (nSPS) is 10.6. The Bertz CT molecular complexity index is 937. The summed E-state index contributed by atoms with van der Waals surface area (Å²) in [5, 5.41) is 11.3. The third-order valence-electron chi connectivity index (χ3n) is 3.76. The first-order valence-corrected chi connectivity index (χ1v) is 9.04. The van der Waals surface area contributed by atoms with Gasteiger partial charge in [0.15, 0.2) is 11.4 Å². The van der Waals surface area contributed by atoms with Crippen LogP contribution in [-0.4, -0.2) is 67.8 Å². The second kappa shape index (κ2) is 10.4. The highest BCUT2D eigenvalue weighted by atomic mass is 16.5. The van der Waals surface area contributed by atoms with Crippen molar-refractivity contribution in [3.63, 3.8) is 0 Å². The summed E-state index contributed by atoms with van der Waals surface area (Å²) in [6.07, 6.45) is 1.50. The van der Waals surface area contributed by atoms with Gasteiger partial charge in [0, 0.05) is 23.6 Å². The van der Waals surface area contributed by atoms with Gasteiger partial charge in [-0.3, -0.25) is 9.80 Å². The Labute approximate surface area is 171 Å². The van der Waals surface area contributed by atoms with Crippen LogP contribution in [0.3, 0.4) is 0 Å². The van der Waals surface area contributed by atoms with Crippen molar-refractivity contribution in [2.75, 3.05) is 42.0 Å². The van der Waals surface area contributed by atoms with Crippen molar-refractivity contribution in [1.29, 1.82) is 0 Å². The quantitative estimate of drug-likeness (QED) is 0.521. The molecule has 0 amide bonds. The molecule has 0 spiro atoms. The monoisotopic (exact) mass is 397 g/mol. The predicted octanol–water partition coefficient (Wildman–Crippen LogP) is 3.59. The number of hydrogen-bond donors (Lipinski definition) is 1. The van der Waals surface area contributed by atoms with Crippen molar-refractivity contribution >= 4 is 16.7 Å². The molecule has 0 atom stereocenters. The molecule has 154 valence electrons. The molecule has 7 heteroatoms. The summed E-state index contributed by atoms with van der Waals surface area (Å²) in [5.41, 5.74) is -0.105. The number of methoxy groups -OCH3 is 1. The van der Waals surface area contributed by atoms with Crippen molar-refractivity contribution in [1.82, 2.24) is 14.8 Å². The van der Waals surface area contributed by atoms with E-state index >= 15 is 0 Å². The summed E-state index contributed by atoms with van der Waals surface area (Å²) < 4.78 is 10.3. The lowest BCUT2D eigenvalue weighted by atomic mass is 10.1. The SMILES string of the molecule is CN(C)CN(C)C.COC(=O)c1ncc2cc(Oc3ccccc3)ccc2c1O. The second-order valence-corrected chi connectivity index (χ2v) is 6.91. The fraction of sp³-hybridized carbons (Fsp3) is 0.273. The highest BCUT2D eigenvalue weighted by Gasteiger charge is 2.16. The lowest BCUT2D eigenvalue weighted by Gasteiger charge is -2.14. The number of carbonyl (C=O) groups excluding carboxylic acids is 1. The molecule has 0 radical (unpaired) electrons. The van der Waals surface area contributed by atoms with Crippen LogP contribution in [0, 0.1) is 0 Å². The van der Waals surface area contributed by atoms with Crippen molar-refractivity contribution < 1.29 is 19.4 Å². The first kappa shape index (κ1) is 22.1. The summed E-state index contributed by atoms with van der Waals surface area (Å²) in [7, 11) is 9.46. The molecule has 0 unspecified atom stereocenters. The average molecular weight is 397 g/mol. The van der Waals surface area contributed by atoms with E-state index < -0.39 is 5.97 Å². The third-order valence-corrected chi connectivity index (χ3v) is 3.76. The highest BCUT2D eigenvalue weighted by molar-refractivity contribution is 5.99. The van der Waals surface area contributed by atoms with Gasteiger partial charge in [0.2, 0.25) is 0 Å². The molecule has 1 aromatic heterocycles. The summed E-state index contributed by atoms with van der Waals surface area (Å²) in [5.74, 6) is 0.454. The van der Waals surface area contributed by atoms with E-state index in [1.807, 2.05) is 30.3 Å². The number of pyridine rings is 1. The van der Waals surface area contributed by atoms with Crippen LogP contribution >= 0.6 is 0 Å². The van der Waals surface area contributed by atoms with Crippen LogP contribution in [0.2, 0.25) is 0 Å². The van der Waals surface area contributed by atoms with Gasteiger partial charge in [0.25, 0.3) is 0 Å². The minimum atomic E-state index is -0.677. The molecule has 7 nitrogen and oxygen atoms in total. The first-order valence-electron chi connectivity index (χ1n) is 9.04. The van der Waals surface area contributed by atoms with Crippen molar-refractivity contribution in [2.24, 2.45) is 0 Å². The lowest BCUT2D eigenvalue weighted by molar-refractivity contribution is 0.0591. The van der Waals surface area contributed by atoms with Gasteiger partial charge in [-0.25, -0.2) is 9.78 Å². The molecule has 0 aliphatic heterocycles. The Morgan fingerprint density at radius 2 is 1.66 bits per heavy atom. The molecule has 0 aliphatic rings. The molecule has 1 heterocycles. The van der Waals surface area contributed by atoms with E-state index in [0.717, 1.165) is 6.67 Å². The molecule has 0 fully saturated rings. The summed E-state index contributed by atoms with van der Waals surface area (Å²) in [6, 6.07) is 14.5. The molecule has 3 rings (SSSR count). The number of fused-ring (bicyclic) bond motifs is 1. The Kier molecular flexibility index (Phi) is 7.94. The van der Waals surface area contributed by atoms with E-state index in [1.54, 1.807) is 18.2 Å². The number of aromatic nitrogens is 1. The van der Waals surface area contributed by atoms with Gasteiger partial charge in [0.1, 0.15) is 11.5 Å². The van der Waals surface area contributed by atoms with Gasteiger partial charge in [-0.1, -0.05) is 18.2 Å². The molecule has 29 heavy (non-hydrogen) atoms. The van der Waals surface area contributed by atoms with Crippen LogP contribution in [-0.2, 0) is 4.74 Å². The zero-order chi connectivity index (χ0) is 21.4.